The summed E-state index contributed by atoms with van der Waals surface area (Å²) in [6, 6.07) is 2.78. The van der Waals surface area contributed by atoms with Crippen molar-refractivity contribution in [1.29, 1.82) is 0 Å². The van der Waals surface area contributed by atoms with E-state index in [4.69, 9.17) is 0 Å². The zero-order valence-corrected chi connectivity index (χ0v) is 10.00. The number of hydrogen-bond acceptors (Lipinski definition) is 2. The van der Waals surface area contributed by atoms with Gasteiger partial charge >= 0.3 is 12.1 Å². The maximum absolute atomic E-state index is 13.0. The predicted molar refractivity (Wildman–Crippen MR) is 60.9 cm³/mol. The molecule has 0 atom stereocenters. The Morgan fingerprint density at radius 3 is 2.26 bits per heavy atom. The van der Waals surface area contributed by atoms with Crippen LogP contribution in [0, 0.1) is 0 Å². The number of phenolic OH excluding ortho intramolecular Hbond substituents is 1. The zero-order chi connectivity index (χ0) is 14.3. The first-order chi connectivity index (χ1) is 8.77. The van der Waals surface area contributed by atoms with Gasteiger partial charge in [0.05, 0.1) is 11.0 Å². The third-order valence-electron chi connectivity index (χ3n) is 3.69. The Morgan fingerprint density at radius 1 is 1.21 bits per heavy atom. The fourth-order valence-electron chi connectivity index (χ4n) is 2.76. The van der Waals surface area contributed by atoms with Crippen molar-refractivity contribution in [3.8, 4) is 5.75 Å². The molecule has 0 heterocycles. The fraction of sp³-hybridized carbons (Fsp3) is 0.462. The van der Waals surface area contributed by atoms with Crippen LogP contribution in [0.5, 0.6) is 5.75 Å². The van der Waals surface area contributed by atoms with Crippen LogP contribution in [0.1, 0.15) is 36.8 Å². The molecule has 0 radical (unpaired) electrons. The van der Waals surface area contributed by atoms with Gasteiger partial charge in [0.1, 0.15) is 5.75 Å². The van der Waals surface area contributed by atoms with Gasteiger partial charge in [-0.05, 0) is 30.5 Å². The molecular weight excluding hydrogens is 261 g/mol. The number of phenols is 1. The van der Waals surface area contributed by atoms with Crippen molar-refractivity contribution in [2.24, 2.45) is 0 Å². The Kier molecular flexibility index (Phi) is 3.20. The summed E-state index contributed by atoms with van der Waals surface area (Å²) in [6.07, 6.45) is -3.12. The lowest BCUT2D eigenvalue weighted by molar-refractivity contribution is -0.146. The van der Waals surface area contributed by atoms with Crippen LogP contribution in [0.3, 0.4) is 0 Å². The van der Waals surface area contributed by atoms with E-state index in [9.17, 15) is 28.2 Å². The van der Waals surface area contributed by atoms with Gasteiger partial charge in [0.25, 0.3) is 0 Å². The van der Waals surface area contributed by atoms with Gasteiger partial charge < -0.3 is 10.2 Å². The molecule has 0 unspecified atom stereocenters. The topological polar surface area (TPSA) is 57.5 Å². The largest absolute Gasteiger partial charge is 0.508 e. The first-order valence-corrected chi connectivity index (χ1v) is 5.91. The molecule has 104 valence electrons. The van der Waals surface area contributed by atoms with Crippen molar-refractivity contribution in [3.63, 3.8) is 0 Å². The third-order valence-corrected chi connectivity index (χ3v) is 3.69. The lowest BCUT2D eigenvalue weighted by Gasteiger charge is -2.27. The predicted octanol–water partition coefficient (Wildman–Crippen LogP) is 3.31. The molecule has 1 aromatic carbocycles. The summed E-state index contributed by atoms with van der Waals surface area (Å²) in [4.78, 5) is 11.5. The average Bonchev–Trinajstić information content (AvgIpc) is 2.78. The van der Waals surface area contributed by atoms with Crippen LogP contribution in [0.25, 0.3) is 0 Å². The number of hydrogen-bond donors (Lipinski definition) is 2. The molecule has 1 aromatic rings. The van der Waals surface area contributed by atoms with E-state index in [1.54, 1.807) is 0 Å². The van der Waals surface area contributed by atoms with Crippen LogP contribution in [-0.2, 0) is 16.4 Å². The Balaban J connectivity index is 2.64. The molecular formula is C13H13F3O3. The minimum Gasteiger partial charge on any atom is -0.508 e. The van der Waals surface area contributed by atoms with Crippen LogP contribution in [-0.4, -0.2) is 16.2 Å². The van der Waals surface area contributed by atoms with Crippen molar-refractivity contribution >= 4 is 5.97 Å². The van der Waals surface area contributed by atoms with Crippen molar-refractivity contribution in [1.82, 2.24) is 0 Å². The molecule has 0 spiro atoms. The summed E-state index contributed by atoms with van der Waals surface area (Å²) in [5.74, 6) is -1.75. The molecule has 1 aliphatic rings. The van der Waals surface area contributed by atoms with Gasteiger partial charge in [-0.25, -0.2) is 0 Å². The molecule has 1 aliphatic carbocycles. The van der Waals surface area contributed by atoms with Crippen molar-refractivity contribution < 1.29 is 28.2 Å². The zero-order valence-electron chi connectivity index (χ0n) is 10.00. The van der Waals surface area contributed by atoms with Crippen LogP contribution in [0.2, 0.25) is 0 Å². The van der Waals surface area contributed by atoms with Gasteiger partial charge in [-0.1, -0.05) is 18.9 Å². The summed E-state index contributed by atoms with van der Waals surface area (Å²) in [6.45, 7) is 0. The molecule has 0 aliphatic heterocycles. The van der Waals surface area contributed by atoms with E-state index in [0.29, 0.717) is 18.9 Å². The molecule has 6 heteroatoms. The van der Waals surface area contributed by atoms with Crippen LogP contribution in [0.15, 0.2) is 18.2 Å². The summed E-state index contributed by atoms with van der Waals surface area (Å²) in [5.41, 5.74) is -2.79. The number of aromatic hydroxyl groups is 1. The number of benzene rings is 1. The summed E-state index contributed by atoms with van der Waals surface area (Å²) in [5, 5.41) is 18.6. The highest BCUT2D eigenvalue weighted by atomic mass is 19.4. The van der Waals surface area contributed by atoms with Crippen LogP contribution < -0.4 is 0 Å². The highest BCUT2D eigenvalue weighted by Gasteiger charge is 2.48. The second-order valence-electron chi connectivity index (χ2n) is 4.82. The molecule has 3 nitrogen and oxygen atoms in total. The number of aliphatic carboxylic acids is 1. The van der Waals surface area contributed by atoms with Gasteiger partial charge in [0.2, 0.25) is 0 Å². The average molecular weight is 274 g/mol. The lowest BCUT2D eigenvalue weighted by Crippen LogP contribution is -2.34. The van der Waals surface area contributed by atoms with Crippen LogP contribution in [0.4, 0.5) is 13.2 Å². The number of alkyl halides is 3. The molecule has 1 fully saturated rings. The first kappa shape index (κ1) is 13.7. The standard InChI is InChI=1S/C13H13F3O3/c14-13(15,16)10-7-8(17)3-4-9(10)12(11(18)19)5-1-2-6-12/h3-4,7,17H,1-2,5-6H2,(H,18,19). The highest BCUT2D eigenvalue weighted by molar-refractivity contribution is 5.82. The molecule has 0 aromatic heterocycles. The van der Waals surface area contributed by atoms with Crippen molar-refractivity contribution in [2.75, 3.05) is 0 Å². The Hall–Kier alpha value is -1.72. The first-order valence-electron chi connectivity index (χ1n) is 5.91. The van der Waals surface area contributed by atoms with Gasteiger partial charge in [0.15, 0.2) is 0 Å². The van der Waals surface area contributed by atoms with Crippen molar-refractivity contribution in [3.05, 3.63) is 29.3 Å². The Morgan fingerprint density at radius 2 is 1.79 bits per heavy atom. The third kappa shape index (κ3) is 2.27. The second-order valence-corrected chi connectivity index (χ2v) is 4.82. The molecule has 2 N–H and O–H groups in total. The SMILES string of the molecule is O=C(O)C1(c2ccc(O)cc2C(F)(F)F)CCCC1. The van der Waals surface area contributed by atoms with Crippen molar-refractivity contribution in [2.45, 2.75) is 37.3 Å². The highest BCUT2D eigenvalue weighted by Crippen LogP contribution is 2.47. The normalized spacial score (nSPS) is 18.5. The molecule has 0 amide bonds. The van der Waals surface area contributed by atoms with E-state index in [1.165, 1.54) is 0 Å². The van der Waals surface area contributed by atoms with E-state index in [1.807, 2.05) is 0 Å². The van der Waals surface area contributed by atoms with Gasteiger partial charge in [0, 0.05) is 0 Å². The fourth-order valence-corrected chi connectivity index (χ4v) is 2.76. The number of carboxylic acids is 1. The van der Waals surface area contributed by atoms with E-state index >= 15 is 0 Å². The van der Waals surface area contributed by atoms with E-state index in [0.717, 1.165) is 12.1 Å². The maximum Gasteiger partial charge on any atom is 0.416 e. The smallest absolute Gasteiger partial charge is 0.416 e. The monoisotopic (exact) mass is 274 g/mol. The molecule has 19 heavy (non-hydrogen) atoms. The quantitative estimate of drug-likeness (QED) is 0.869. The molecule has 2 rings (SSSR count). The Labute approximate surface area is 107 Å². The summed E-state index contributed by atoms with van der Waals surface area (Å²) < 4.78 is 39.0. The number of rotatable bonds is 2. The van der Waals surface area contributed by atoms with E-state index in [-0.39, 0.29) is 18.4 Å². The number of halogens is 3. The second kappa shape index (κ2) is 4.43. The minimum absolute atomic E-state index is 0.191. The molecule has 0 bridgehead atoms. The number of carbonyl (C=O) groups is 1. The lowest BCUT2D eigenvalue weighted by atomic mass is 9.76. The van der Waals surface area contributed by atoms with Gasteiger partial charge in [-0.2, -0.15) is 13.2 Å². The maximum atomic E-state index is 13.0. The van der Waals surface area contributed by atoms with Gasteiger partial charge in [-0.3, -0.25) is 4.79 Å². The Bertz CT molecular complexity index is 502. The number of carboxylic acid groups (broad SMARTS) is 1. The van der Waals surface area contributed by atoms with Crippen LogP contribution >= 0.6 is 0 Å². The molecule has 1 saturated carbocycles. The van der Waals surface area contributed by atoms with Gasteiger partial charge in [-0.15, -0.1) is 0 Å². The van der Waals surface area contributed by atoms with E-state index < -0.39 is 28.9 Å². The summed E-state index contributed by atoms with van der Waals surface area (Å²) >= 11 is 0. The molecule has 0 saturated heterocycles. The summed E-state index contributed by atoms with van der Waals surface area (Å²) in [7, 11) is 0. The minimum atomic E-state index is -4.68. The van der Waals surface area contributed by atoms with E-state index in [2.05, 4.69) is 0 Å².